The summed E-state index contributed by atoms with van der Waals surface area (Å²) in [5, 5.41) is 2.70. The van der Waals surface area contributed by atoms with Gasteiger partial charge < -0.3 is 16.0 Å². The Morgan fingerprint density at radius 1 is 1.43 bits per heavy atom. The van der Waals surface area contributed by atoms with E-state index in [1.54, 1.807) is 18.6 Å². The van der Waals surface area contributed by atoms with Crippen molar-refractivity contribution in [2.45, 2.75) is 19.0 Å². The maximum absolute atomic E-state index is 12.9. The molecule has 128 valence electrons. The number of carbonyl (C=O) groups excluding carboxylic acids is 1. The zero-order valence-corrected chi connectivity index (χ0v) is 12.6. The van der Waals surface area contributed by atoms with Crippen LogP contribution in [0.3, 0.4) is 0 Å². The van der Waals surface area contributed by atoms with Crippen LogP contribution in [0.4, 0.5) is 18.0 Å². The number of nitrogens with one attached hydrogen (secondary N) is 1. The Morgan fingerprint density at radius 3 is 2.83 bits per heavy atom. The number of hydrogen-bond acceptors (Lipinski definition) is 4. The number of amides is 2. The molecule has 9 heteroatoms. The molecule has 2 unspecified atom stereocenters. The highest BCUT2D eigenvalue weighted by atomic mass is 19.4. The number of alkyl halides is 3. The number of halogens is 3. The van der Waals surface area contributed by atoms with Gasteiger partial charge in [-0.2, -0.15) is 13.2 Å². The molecule has 0 spiro atoms. The molecule has 0 saturated carbocycles. The number of likely N-dealkylation sites (tertiary alicyclic amines) is 1. The molecule has 23 heavy (non-hydrogen) atoms. The molecule has 1 aromatic heterocycles. The van der Waals surface area contributed by atoms with E-state index in [9.17, 15) is 18.0 Å². The SMILES string of the molecule is NCC1CN(C(=O)NCCc2cnccn2)CCC1C(F)(F)F. The topological polar surface area (TPSA) is 84.1 Å². The van der Waals surface area contributed by atoms with E-state index in [-0.39, 0.29) is 32.1 Å². The molecule has 3 N–H and O–H groups in total. The third kappa shape index (κ3) is 4.78. The number of hydrogen-bond donors (Lipinski definition) is 2. The molecule has 1 fully saturated rings. The van der Waals surface area contributed by atoms with Gasteiger partial charge in [-0.25, -0.2) is 4.79 Å². The van der Waals surface area contributed by atoms with Gasteiger partial charge in [0, 0.05) is 50.6 Å². The van der Waals surface area contributed by atoms with Crippen molar-refractivity contribution in [3.8, 4) is 0 Å². The molecule has 6 nitrogen and oxygen atoms in total. The van der Waals surface area contributed by atoms with E-state index < -0.39 is 18.0 Å². The van der Waals surface area contributed by atoms with Crippen LogP contribution in [0, 0.1) is 11.8 Å². The number of nitrogens with two attached hydrogens (primary N) is 1. The molecule has 2 amide bonds. The molecule has 0 radical (unpaired) electrons. The van der Waals surface area contributed by atoms with Gasteiger partial charge in [0.05, 0.1) is 11.6 Å². The minimum atomic E-state index is -4.27. The lowest BCUT2D eigenvalue weighted by molar-refractivity contribution is -0.197. The summed E-state index contributed by atoms with van der Waals surface area (Å²) in [5.41, 5.74) is 6.19. The second-order valence-electron chi connectivity index (χ2n) is 5.56. The Kier molecular flexibility index (Phi) is 5.75. The zero-order valence-electron chi connectivity index (χ0n) is 12.6. The van der Waals surface area contributed by atoms with Crippen molar-refractivity contribution in [2.24, 2.45) is 17.6 Å². The van der Waals surface area contributed by atoms with E-state index >= 15 is 0 Å². The first-order valence-corrected chi connectivity index (χ1v) is 7.46. The minimum Gasteiger partial charge on any atom is -0.338 e. The molecule has 1 aromatic rings. The Balaban J connectivity index is 1.82. The van der Waals surface area contributed by atoms with Crippen molar-refractivity contribution < 1.29 is 18.0 Å². The Hall–Kier alpha value is -1.90. The maximum atomic E-state index is 12.9. The highest BCUT2D eigenvalue weighted by Crippen LogP contribution is 2.37. The van der Waals surface area contributed by atoms with Crippen LogP contribution >= 0.6 is 0 Å². The average Bonchev–Trinajstić information content (AvgIpc) is 2.54. The smallest absolute Gasteiger partial charge is 0.338 e. The van der Waals surface area contributed by atoms with Gasteiger partial charge in [0.2, 0.25) is 0 Å². The lowest BCUT2D eigenvalue weighted by Crippen LogP contribution is -2.52. The first kappa shape index (κ1) is 17.5. The summed E-state index contributed by atoms with van der Waals surface area (Å²) in [7, 11) is 0. The van der Waals surface area contributed by atoms with E-state index in [1.807, 2.05) is 0 Å². The molecule has 2 heterocycles. The fourth-order valence-electron chi connectivity index (χ4n) is 2.75. The molecular formula is C14H20F3N5O. The average molecular weight is 331 g/mol. The zero-order chi connectivity index (χ0) is 16.9. The highest BCUT2D eigenvalue weighted by Gasteiger charge is 2.47. The third-order valence-corrected chi connectivity index (χ3v) is 4.02. The Morgan fingerprint density at radius 2 is 2.22 bits per heavy atom. The van der Waals surface area contributed by atoms with Crippen LogP contribution in [0.25, 0.3) is 0 Å². The predicted molar refractivity (Wildman–Crippen MR) is 77.4 cm³/mol. The van der Waals surface area contributed by atoms with Gasteiger partial charge in [0.1, 0.15) is 0 Å². The predicted octanol–water partition coefficient (Wildman–Crippen LogP) is 1.19. The normalized spacial score (nSPS) is 22.0. The number of aromatic nitrogens is 2. The highest BCUT2D eigenvalue weighted by molar-refractivity contribution is 5.74. The van der Waals surface area contributed by atoms with Gasteiger partial charge in [-0.1, -0.05) is 0 Å². The largest absolute Gasteiger partial charge is 0.392 e. The van der Waals surface area contributed by atoms with Crippen LogP contribution in [0.15, 0.2) is 18.6 Å². The summed E-state index contributed by atoms with van der Waals surface area (Å²) >= 11 is 0. The van der Waals surface area contributed by atoms with Crippen LogP contribution in [0.5, 0.6) is 0 Å². The Bertz CT molecular complexity index is 511. The lowest BCUT2D eigenvalue weighted by Gasteiger charge is -2.38. The first-order valence-electron chi connectivity index (χ1n) is 7.46. The van der Waals surface area contributed by atoms with E-state index in [0.717, 1.165) is 5.69 Å². The summed E-state index contributed by atoms with van der Waals surface area (Å²) < 4.78 is 38.7. The van der Waals surface area contributed by atoms with Crippen LogP contribution < -0.4 is 11.1 Å². The molecular weight excluding hydrogens is 311 g/mol. The second kappa shape index (κ2) is 7.58. The monoisotopic (exact) mass is 331 g/mol. The van der Waals surface area contributed by atoms with E-state index in [2.05, 4.69) is 15.3 Å². The van der Waals surface area contributed by atoms with Crippen LogP contribution in [-0.2, 0) is 6.42 Å². The van der Waals surface area contributed by atoms with Gasteiger partial charge in [-0.15, -0.1) is 0 Å². The van der Waals surface area contributed by atoms with Crippen molar-refractivity contribution in [1.29, 1.82) is 0 Å². The fraction of sp³-hybridized carbons (Fsp3) is 0.643. The van der Waals surface area contributed by atoms with Crippen molar-refractivity contribution >= 4 is 6.03 Å². The summed E-state index contributed by atoms with van der Waals surface area (Å²) in [4.78, 5) is 21.5. The molecule has 0 aliphatic carbocycles. The number of rotatable bonds is 4. The molecule has 0 aromatic carbocycles. The van der Waals surface area contributed by atoms with Crippen LogP contribution in [0.2, 0.25) is 0 Å². The van der Waals surface area contributed by atoms with Crippen molar-refractivity contribution in [1.82, 2.24) is 20.2 Å². The summed E-state index contributed by atoms with van der Waals surface area (Å²) in [6.45, 7) is 0.368. The second-order valence-corrected chi connectivity index (χ2v) is 5.56. The molecule has 1 aliphatic rings. The molecule has 0 bridgehead atoms. The number of urea groups is 1. The number of piperidine rings is 1. The van der Waals surface area contributed by atoms with E-state index in [1.165, 1.54) is 4.90 Å². The van der Waals surface area contributed by atoms with Crippen molar-refractivity contribution in [2.75, 3.05) is 26.2 Å². The summed E-state index contributed by atoms with van der Waals surface area (Å²) in [6.07, 6.45) is 0.858. The van der Waals surface area contributed by atoms with Gasteiger partial charge in [-0.3, -0.25) is 9.97 Å². The number of carbonyl (C=O) groups is 1. The van der Waals surface area contributed by atoms with Crippen LogP contribution in [0.1, 0.15) is 12.1 Å². The first-order chi connectivity index (χ1) is 10.9. The van der Waals surface area contributed by atoms with Gasteiger partial charge in [0.25, 0.3) is 0 Å². The quantitative estimate of drug-likeness (QED) is 0.868. The van der Waals surface area contributed by atoms with Crippen molar-refractivity contribution in [3.63, 3.8) is 0 Å². The van der Waals surface area contributed by atoms with E-state index in [4.69, 9.17) is 5.73 Å². The molecule has 2 atom stereocenters. The Labute approximate surface area is 132 Å². The lowest BCUT2D eigenvalue weighted by atomic mass is 9.85. The summed E-state index contributed by atoms with van der Waals surface area (Å²) in [6, 6.07) is -0.368. The minimum absolute atomic E-state index is 0.0254. The third-order valence-electron chi connectivity index (χ3n) is 4.02. The van der Waals surface area contributed by atoms with Crippen LogP contribution in [-0.4, -0.2) is 53.3 Å². The summed E-state index contributed by atoms with van der Waals surface area (Å²) in [5.74, 6) is -2.19. The van der Waals surface area contributed by atoms with Gasteiger partial charge in [-0.05, 0) is 13.0 Å². The van der Waals surface area contributed by atoms with Gasteiger partial charge in [0.15, 0.2) is 0 Å². The van der Waals surface area contributed by atoms with Gasteiger partial charge >= 0.3 is 12.2 Å². The standard InChI is InChI=1S/C14H20F3N5O/c15-14(16,17)12-2-6-22(9-10(12)7-18)13(23)21-3-1-11-8-19-4-5-20-11/h4-5,8,10,12H,1-3,6-7,9,18H2,(H,21,23). The molecule has 1 saturated heterocycles. The van der Waals surface area contributed by atoms with Crippen molar-refractivity contribution in [3.05, 3.63) is 24.3 Å². The maximum Gasteiger partial charge on any atom is 0.392 e. The molecule has 2 rings (SSSR count). The van der Waals surface area contributed by atoms with E-state index in [0.29, 0.717) is 13.0 Å². The molecule has 1 aliphatic heterocycles. The fourth-order valence-corrected chi connectivity index (χ4v) is 2.75. The number of nitrogens with zero attached hydrogens (tertiary/aromatic N) is 3.